The van der Waals surface area contributed by atoms with E-state index in [-0.39, 0.29) is 30.2 Å². The summed E-state index contributed by atoms with van der Waals surface area (Å²) in [7, 11) is 0. The van der Waals surface area contributed by atoms with E-state index in [2.05, 4.69) is 54.2 Å². The number of thioether (sulfide) groups is 1. The molecule has 1 heterocycles. The van der Waals surface area contributed by atoms with Crippen molar-refractivity contribution in [3.63, 3.8) is 0 Å². The fraction of sp³-hybridized carbons (Fsp3) is 0.292. The van der Waals surface area contributed by atoms with E-state index in [9.17, 15) is 9.59 Å². The molecule has 162 valence electrons. The average Bonchev–Trinajstić information content (AvgIpc) is 2.97. The predicted octanol–water partition coefficient (Wildman–Crippen LogP) is 5.65. The van der Waals surface area contributed by atoms with E-state index in [1.165, 1.54) is 22.2 Å². The van der Waals surface area contributed by atoms with E-state index in [1.807, 2.05) is 42.5 Å². The molecule has 1 aliphatic rings. The first kappa shape index (κ1) is 23.7. The Balaban J connectivity index is 1.56. The molecule has 0 atom stereocenters. The number of carbonyl (C=O) groups excluding carboxylic acids is 2. The number of amides is 2. The van der Waals surface area contributed by atoms with Gasteiger partial charge in [-0.1, -0.05) is 97.1 Å². The molecule has 0 saturated carbocycles. The number of rotatable bonds is 6. The highest BCUT2D eigenvalue weighted by atomic mass is 79.9. The van der Waals surface area contributed by atoms with Crippen LogP contribution in [-0.2, 0) is 21.5 Å². The second-order valence-electron chi connectivity index (χ2n) is 8.36. The maximum atomic E-state index is 12.8. The molecule has 1 saturated heterocycles. The second-order valence-corrected chi connectivity index (χ2v) is 11.0. The molecular formula is C24H25BrN2O2S2. The van der Waals surface area contributed by atoms with Gasteiger partial charge in [-0.3, -0.25) is 14.5 Å². The molecule has 1 N–H and O–H groups in total. The van der Waals surface area contributed by atoms with Crippen LogP contribution >= 0.6 is 39.9 Å². The first-order valence-electron chi connectivity index (χ1n) is 10.0. The molecule has 2 aromatic carbocycles. The molecule has 2 amide bonds. The molecule has 2 aromatic rings. The Kier molecular flexibility index (Phi) is 7.73. The van der Waals surface area contributed by atoms with E-state index >= 15 is 0 Å². The number of nitrogens with zero attached hydrogens (tertiary/aromatic N) is 1. The summed E-state index contributed by atoms with van der Waals surface area (Å²) in [6.45, 7) is 7.22. The van der Waals surface area contributed by atoms with Crippen molar-refractivity contribution in [1.82, 2.24) is 10.2 Å². The number of hydrogen-bond acceptors (Lipinski definition) is 4. The van der Waals surface area contributed by atoms with E-state index in [4.69, 9.17) is 12.2 Å². The molecule has 4 nitrogen and oxygen atoms in total. The van der Waals surface area contributed by atoms with Crippen molar-refractivity contribution < 1.29 is 9.59 Å². The number of thiocarbonyl (C=S) groups is 1. The summed E-state index contributed by atoms with van der Waals surface area (Å²) in [5.41, 5.74) is 3.29. The quantitative estimate of drug-likeness (QED) is 0.397. The lowest BCUT2D eigenvalue weighted by Crippen LogP contribution is -2.33. The number of carbonyl (C=O) groups is 2. The van der Waals surface area contributed by atoms with Crippen LogP contribution in [0.25, 0.3) is 6.08 Å². The normalized spacial score (nSPS) is 15.6. The molecule has 0 spiro atoms. The molecule has 0 unspecified atom stereocenters. The van der Waals surface area contributed by atoms with Crippen LogP contribution in [0.4, 0.5) is 0 Å². The third-order valence-electron chi connectivity index (χ3n) is 4.89. The summed E-state index contributed by atoms with van der Waals surface area (Å²) < 4.78 is 1.46. The van der Waals surface area contributed by atoms with Crippen molar-refractivity contribution in [2.24, 2.45) is 0 Å². The van der Waals surface area contributed by atoms with Crippen molar-refractivity contribution in [3.8, 4) is 0 Å². The molecule has 1 aliphatic heterocycles. The van der Waals surface area contributed by atoms with Crippen molar-refractivity contribution >= 4 is 62.1 Å². The van der Waals surface area contributed by atoms with Crippen LogP contribution in [0, 0.1) is 0 Å². The summed E-state index contributed by atoms with van der Waals surface area (Å²) in [6.07, 6.45) is 2.06. The Hall–Kier alpha value is -1.96. The van der Waals surface area contributed by atoms with Gasteiger partial charge in [-0.15, -0.1) is 0 Å². The largest absolute Gasteiger partial charge is 0.352 e. The van der Waals surface area contributed by atoms with Crippen LogP contribution in [-0.4, -0.2) is 27.6 Å². The first-order chi connectivity index (χ1) is 14.6. The van der Waals surface area contributed by atoms with Gasteiger partial charge in [0, 0.05) is 24.0 Å². The van der Waals surface area contributed by atoms with Gasteiger partial charge >= 0.3 is 0 Å². The number of hydrogen-bond donors (Lipinski definition) is 1. The highest BCUT2D eigenvalue weighted by Gasteiger charge is 2.32. The van der Waals surface area contributed by atoms with Crippen molar-refractivity contribution in [1.29, 1.82) is 0 Å². The standard InChI is InChI=1S/C24H25BrN2O2S2/c1-24(2,3)18-9-7-16(8-10-18)14-20-22(29)27(23(30)31-20)12-11-21(28)26-15-17-5-4-6-19(25)13-17/h4-10,13-14H,11-12,15H2,1-3H3,(H,26,28). The Bertz CT molecular complexity index is 1030. The smallest absolute Gasteiger partial charge is 0.266 e. The fourth-order valence-corrected chi connectivity index (χ4v) is 4.83. The van der Waals surface area contributed by atoms with Gasteiger partial charge in [0.2, 0.25) is 5.91 Å². The van der Waals surface area contributed by atoms with E-state index in [1.54, 1.807) is 0 Å². The molecule has 0 aliphatic carbocycles. The highest BCUT2D eigenvalue weighted by Crippen LogP contribution is 2.33. The number of halogens is 1. The second kappa shape index (κ2) is 10.1. The molecule has 0 bridgehead atoms. The minimum Gasteiger partial charge on any atom is -0.352 e. The topological polar surface area (TPSA) is 49.4 Å². The van der Waals surface area contributed by atoms with Crippen LogP contribution in [0.2, 0.25) is 0 Å². The van der Waals surface area contributed by atoms with Gasteiger partial charge in [0.25, 0.3) is 5.91 Å². The monoisotopic (exact) mass is 516 g/mol. The average molecular weight is 518 g/mol. The van der Waals surface area contributed by atoms with Gasteiger partial charge in [-0.25, -0.2) is 0 Å². The van der Waals surface area contributed by atoms with Crippen LogP contribution in [0.1, 0.15) is 43.9 Å². The van der Waals surface area contributed by atoms with E-state index in [0.717, 1.165) is 15.6 Å². The highest BCUT2D eigenvalue weighted by molar-refractivity contribution is 9.10. The fourth-order valence-electron chi connectivity index (χ4n) is 3.07. The third kappa shape index (κ3) is 6.51. The summed E-state index contributed by atoms with van der Waals surface area (Å²) in [4.78, 5) is 27.1. The van der Waals surface area contributed by atoms with Gasteiger partial charge in [-0.05, 0) is 40.3 Å². The molecule has 31 heavy (non-hydrogen) atoms. The lowest BCUT2D eigenvalue weighted by molar-refractivity contribution is -0.123. The Morgan fingerprint density at radius 1 is 1.19 bits per heavy atom. The van der Waals surface area contributed by atoms with Gasteiger partial charge in [-0.2, -0.15) is 0 Å². The van der Waals surface area contributed by atoms with Crippen molar-refractivity contribution in [2.75, 3.05) is 6.54 Å². The number of benzene rings is 2. The molecular weight excluding hydrogens is 492 g/mol. The summed E-state index contributed by atoms with van der Waals surface area (Å²) >= 11 is 10.1. The predicted molar refractivity (Wildman–Crippen MR) is 136 cm³/mol. The first-order valence-corrected chi connectivity index (χ1v) is 12.0. The van der Waals surface area contributed by atoms with Crippen molar-refractivity contribution in [2.45, 2.75) is 39.2 Å². The lowest BCUT2D eigenvalue weighted by atomic mass is 9.87. The number of nitrogens with one attached hydrogen (secondary N) is 1. The summed E-state index contributed by atoms with van der Waals surface area (Å²) in [5, 5.41) is 2.89. The zero-order valence-electron chi connectivity index (χ0n) is 17.8. The van der Waals surface area contributed by atoms with Gasteiger partial charge in [0.15, 0.2) is 0 Å². The van der Waals surface area contributed by atoms with Crippen LogP contribution < -0.4 is 5.32 Å². The van der Waals surface area contributed by atoms with E-state index < -0.39 is 0 Å². The van der Waals surface area contributed by atoms with E-state index in [0.29, 0.717) is 15.8 Å². The maximum Gasteiger partial charge on any atom is 0.266 e. The van der Waals surface area contributed by atoms with Crippen LogP contribution in [0.15, 0.2) is 57.9 Å². The van der Waals surface area contributed by atoms with Gasteiger partial charge in [0.05, 0.1) is 4.91 Å². The zero-order chi connectivity index (χ0) is 22.6. The van der Waals surface area contributed by atoms with Crippen LogP contribution in [0.5, 0.6) is 0 Å². The third-order valence-corrected chi connectivity index (χ3v) is 6.76. The van der Waals surface area contributed by atoms with Gasteiger partial charge < -0.3 is 5.32 Å². The van der Waals surface area contributed by atoms with Gasteiger partial charge in [0.1, 0.15) is 4.32 Å². The molecule has 7 heteroatoms. The summed E-state index contributed by atoms with van der Waals surface area (Å²) in [6, 6.07) is 16.0. The molecule has 0 radical (unpaired) electrons. The SMILES string of the molecule is CC(C)(C)c1ccc(C=C2SC(=S)N(CCC(=O)NCc3cccc(Br)c3)C2=O)cc1. The maximum absolute atomic E-state index is 12.8. The Morgan fingerprint density at radius 2 is 1.90 bits per heavy atom. The summed E-state index contributed by atoms with van der Waals surface area (Å²) in [5.74, 6) is -0.259. The minimum atomic E-state index is -0.144. The molecule has 0 aromatic heterocycles. The Labute approximate surface area is 201 Å². The lowest BCUT2D eigenvalue weighted by Gasteiger charge is -2.18. The minimum absolute atomic E-state index is 0.0829. The van der Waals surface area contributed by atoms with Crippen LogP contribution in [0.3, 0.4) is 0 Å². The zero-order valence-corrected chi connectivity index (χ0v) is 21.0. The Morgan fingerprint density at radius 3 is 2.55 bits per heavy atom. The molecule has 3 rings (SSSR count). The molecule has 1 fully saturated rings. The van der Waals surface area contributed by atoms with Crippen molar-refractivity contribution in [3.05, 3.63) is 74.6 Å².